The lowest BCUT2D eigenvalue weighted by atomic mass is 10.1. The number of nitrogens with zero attached hydrogens (tertiary/aromatic N) is 3. The Labute approximate surface area is 192 Å². The molecule has 1 fully saturated rings. The van der Waals surface area contributed by atoms with Gasteiger partial charge in [0.2, 0.25) is 0 Å². The molecule has 0 saturated carbocycles. The monoisotopic (exact) mass is 456 g/mol. The minimum Gasteiger partial charge on any atom is -0.478 e. The topological polar surface area (TPSA) is 95.2 Å². The summed E-state index contributed by atoms with van der Waals surface area (Å²) in [7, 11) is 3.74. The Morgan fingerprint density at radius 1 is 1.25 bits per heavy atom. The first-order chi connectivity index (χ1) is 15.3. The first-order valence-electron chi connectivity index (χ1n) is 10.8. The second kappa shape index (κ2) is 8.96. The number of hydrogen-bond donors (Lipinski definition) is 3. The molecule has 3 N–H and O–H groups in total. The number of aromatic amines is 1. The highest BCUT2D eigenvalue weighted by atomic mass is 35.5. The maximum Gasteiger partial charge on any atom is 0.263 e. The molecule has 3 heterocycles. The summed E-state index contributed by atoms with van der Waals surface area (Å²) >= 11 is 6.49. The van der Waals surface area contributed by atoms with Gasteiger partial charge in [0.1, 0.15) is 17.1 Å². The second-order valence-corrected chi connectivity index (χ2v) is 9.11. The van der Waals surface area contributed by atoms with E-state index in [9.17, 15) is 4.79 Å². The Kier molecular flexibility index (Phi) is 6.26. The number of likely N-dealkylation sites (tertiary alicyclic amines) is 1. The zero-order valence-corrected chi connectivity index (χ0v) is 19.6. The number of imidazole rings is 1. The van der Waals surface area contributed by atoms with Gasteiger partial charge in [-0.15, -0.1) is 0 Å². The summed E-state index contributed by atoms with van der Waals surface area (Å²) in [5.41, 5.74) is 2.17. The van der Waals surface area contributed by atoms with E-state index in [1.807, 2.05) is 24.3 Å². The van der Waals surface area contributed by atoms with Crippen LogP contribution in [-0.2, 0) is 4.79 Å². The fourth-order valence-corrected chi connectivity index (χ4v) is 4.09. The van der Waals surface area contributed by atoms with Gasteiger partial charge in [0.15, 0.2) is 11.2 Å². The number of carbonyl (C=O) groups is 1. The highest BCUT2D eigenvalue weighted by Crippen LogP contribution is 2.32. The van der Waals surface area contributed by atoms with Crippen LogP contribution in [0, 0.1) is 0 Å². The lowest BCUT2D eigenvalue weighted by Gasteiger charge is -2.30. The number of nitrogens with one attached hydrogen (secondary N) is 3. The number of amides is 1. The molecule has 32 heavy (non-hydrogen) atoms. The van der Waals surface area contributed by atoms with Crippen molar-refractivity contribution in [3.8, 4) is 17.1 Å². The molecule has 3 aromatic rings. The number of likely N-dealkylation sites (N-methyl/N-ethyl adjacent to an activating group) is 1. The SMILES string of the molecule is CNC(=O)C(C)(C)Oc1ccc(-c2nc3ncc(Cl)c(NC4CCN(C)CC4)c3[nH]2)cc1. The lowest BCUT2D eigenvalue weighted by Crippen LogP contribution is -2.45. The predicted molar refractivity (Wildman–Crippen MR) is 127 cm³/mol. The minimum atomic E-state index is -0.967. The number of piperidine rings is 1. The number of pyridine rings is 1. The first kappa shape index (κ1) is 22.4. The molecule has 9 heteroatoms. The molecule has 1 saturated heterocycles. The third-order valence-electron chi connectivity index (χ3n) is 5.82. The average Bonchev–Trinajstić information content (AvgIpc) is 3.21. The van der Waals surface area contributed by atoms with Crippen molar-refractivity contribution in [2.45, 2.75) is 38.3 Å². The van der Waals surface area contributed by atoms with Crippen LogP contribution in [0.25, 0.3) is 22.6 Å². The number of benzene rings is 1. The molecule has 0 bridgehead atoms. The van der Waals surface area contributed by atoms with Gasteiger partial charge < -0.3 is 25.3 Å². The molecule has 8 nitrogen and oxygen atoms in total. The second-order valence-electron chi connectivity index (χ2n) is 8.70. The number of anilines is 1. The maximum atomic E-state index is 12.0. The Balaban J connectivity index is 1.57. The molecule has 0 spiro atoms. The maximum absolute atomic E-state index is 12.0. The fraction of sp³-hybridized carbons (Fsp3) is 0.435. The van der Waals surface area contributed by atoms with Crippen LogP contribution in [0.15, 0.2) is 30.5 Å². The number of halogens is 1. The molecule has 0 radical (unpaired) electrons. The van der Waals surface area contributed by atoms with Gasteiger partial charge in [-0.1, -0.05) is 11.6 Å². The standard InChI is InChI=1S/C23H29ClN6O2/c1-23(2,22(31)25-3)32-16-7-5-14(6-8-16)20-28-19-18(17(24)13-26-21(19)29-20)27-15-9-11-30(4)12-10-15/h5-8,13,15H,9-12H2,1-4H3,(H,25,31)(H2,26,27,28,29). The third kappa shape index (κ3) is 4.66. The van der Waals surface area contributed by atoms with Gasteiger partial charge in [0.25, 0.3) is 5.91 Å². The van der Waals surface area contributed by atoms with Crippen LogP contribution >= 0.6 is 11.6 Å². The van der Waals surface area contributed by atoms with Crippen LogP contribution in [-0.4, -0.2) is 64.6 Å². The zero-order valence-electron chi connectivity index (χ0n) is 18.8. The quantitative estimate of drug-likeness (QED) is 0.523. The summed E-state index contributed by atoms with van der Waals surface area (Å²) in [5, 5.41) is 6.79. The predicted octanol–water partition coefficient (Wildman–Crippen LogP) is 3.69. The summed E-state index contributed by atoms with van der Waals surface area (Å²) in [6.07, 6.45) is 3.76. The van der Waals surface area contributed by atoms with E-state index in [2.05, 4.69) is 37.5 Å². The summed E-state index contributed by atoms with van der Waals surface area (Å²) in [6.45, 7) is 5.58. The third-order valence-corrected chi connectivity index (χ3v) is 6.10. The molecular formula is C23H29ClN6O2. The van der Waals surface area contributed by atoms with Gasteiger partial charge in [-0.25, -0.2) is 9.97 Å². The molecule has 2 aromatic heterocycles. The van der Waals surface area contributed by atoms with Crippen molar-refractivity contribution in [1.82, 2.24) is 25.2 Å². The molecule has 0 atom stereocenters. The molecule has 1 amide bonds. The number of H-pyrrole nitrogens is 1. The fourth-order valence-electron chi connectivity index (χ4n) is 3.89. The van der Waals surface area contributed by atoms with Crippen LogP contribution in [0.4, 0.5) is 5.69 Å². The van der Waals surface area contributed by atoms with Crippen molar-refractivity contribution >= 4 is 34.4 Å². The van der Waals surface area contributed by atoms with E-state index in [4.69, 9.17) is 16.3 Å². The van der Waals surface area contributed by atoms with Crippen LogP contribution < -0.4 is 15.4 Å². The largest absolute Gasteiger partial charge is 0.478 e. The van der Waals surface area contributed by atoms with E-state index < -0.39 is 5.60 Å². The summed E-state index contributed by atoms with van der Waals surface area (Å²) in [5.74, 6) is 1.11. The van der Waals surface area contributed by atoms with Gasteiger partial charge in [0, 0.05) is 18.7 Å². The van der Waals surface area contributed by atoms with Gasteiger partial charge in [-0.05, 0) is 71.1 Å². The van der Waals surface area contributed by atoms with E-state index in [1.165, 1.54) is 0 Å². The van der Waals surface area contributed by atoms with Crippen LogP contribution in [0.1, 0.15) is 26.7 Å². The molecule has 1 aliphatic heterocycles. The average molecular weight is 457 g/mol. The van der Waals surface area contributed by atoms with Gasteiger partial charge >= 0.3 is 0 Å². The Morgan fingerprint density at radius 3 is 2.59 bits per heavy atom. The Morgan fingerprint density at radius 2 is 1.94 bits per heavy atom. The van der Waals surface area contributed by atoms with Crippen molar-refractivity contribution in [2.24, 2.45) is 0 Å². The van der Waals surface area contributed by atoms with E-state index in [0.717, 1.165) is 42.7 Å². The first-order valence-corrected chi connectivity index (χ1v) is 11.2. The molecule has 0 unspecified atom stereocenters. The Bertz CT molecular complexity index is 1100. The van der Waals surface area contributed by atoms with Crippen molar-refractivity contribution in [1.29, 1.82) is 0 Å². The number of fused-ring (bicyclic) bond motifs is 1. The minimum absolute atomic E-state index is 0.188. The molecule has 1 aromatic carbocycles. The highest BCUT2D eigenvalue weighted by molar-refractivity contribution is 6.34. The van der Waals surface area contributed by atoms with Crippen molar-refractivity contribution in [2.75, 3.05) is 32.5 Å². The zero-order chi connectivity index (χ0) is 22.9. The summed E-state index contributed by atoms with van der Waals surface area (Å²) in [4.78, 5) is 26.7. The summed E-state index contributed by atoms with van der Waals surface area (Å²) in [6, 6.07) is 7.81. The van der Waals surface area contributed by atoms with E-state index in [0.29, 0.717) is 28.3 Å². The van der Waals surface area contributed by atoms with Crippen molar-refractivity contribution in [3.05, 3.63) is 35.5 Å². The van der Waals surface area contributed by atoms with E-state index >= 15 is 0 Å². The van der Waals surface area contributed by atoms with Crippen LogP contribution in [0.3, 0.4) is 0 Å². The number of aromatic nitrogens is 3. The van der Waals surface area contributed by atoms with Gasteiger partial charge in [0.05, 0.1) is 16.9 Å². The van der Waals surface area contributed by atoms with Gasteiger partial charge in [-0.3, -0.25) is 4.79 Å². The van der Waals surface area contributed by atoms with E-state index in [-0.39, 0.29) is 5.91 Å². The number of ether oxygens (including phenoxy) is 1. The van der Waals surface area contributed by atoms with Crippen LogP contribution in [0.5, 0.6) is 5.75 Å². The lowest BCUT2D eigenvalue weighted by molar-refractivity contribution is -0.133. The smallest absolute Gasteiger partial charge is 0.263 e. The van der Waals surface area contributed by atoms with E-state index in [1.54, 1.807) is 27.1 Å². The number of rotatable bonds is 6. The number of carbonyl (C=O) groups excluding carboxylic acids is 1. The normalized spacial score (nSPS) is 15.7. The van der Waals surface area contributed by atoms with Crippen molar-refractivity contribution < 1.29 is 9.53 Å². The van der Waals surface area contributed by atoms with Crippen molar-refractivity contribution in [3.63, 3.8) is 0 Å². The Hall–Kier alpha value is -2.84. The van der Waals surface area contributed by atoms with Gasteiger partial charge in [-0.2, -0.15) is 0 Å². The molecule has 0 aliphatic carbocycles. The summed E-state index contributed by atoms with van der Waals surface area (Å²) < 4.78 is 5.85. The number of hydrogen-bond acceptors (Lipinski definition) is 6. The molecule has 4 rings (SSSR count). The molecular weight excluding hydrogens is 428 g/mol. The highest BCUT2D eigenvalue weighted by Gasteiger charge is 2.28. The van der Waals surface area contributed by atoms with Crippen LogP contribution in [0.2, 0.25) is 5.02 Å². The molecule has 1 aliphatic rings. The molecule has 170 valence electrons.